The largest absolute Gasteiger partial charge is 0.376 e. The number of aromatic nitrogens is 5. The molecule has 7 nitrogen and oxygen atoms in total. The Hall–Kier alpha value is -2.28. The van der Waals surface area contributed by atoms with E-state index >= 15 is 0 Å². The van der Waals surface area contributed by atoms with Crippen LogP contribution in [-0.4, -0.2) is 36.9 Å². The van der Waals surface area contributed by atoms with Crippen LogP contribution < -0.4 is 5.56 Å². The van der Waals surface area contributed by atoms with E-state index in [9.17, 15) is 4.79 Å². The van der Waals surface area contributed by atoms with Crippen molar-refractivity contribution in [2.75, 3.05) is 6.61 Å². The molecule has 4 heterocycles. The molecular formula is C13H13N5O2. The molecule has 1 unspecified atom stereocenters. The molecule has 0 spiro atoms. The number of nitrogens with zero attached hydrogens (tertiary/aromatic N) is 5. The van der Waals surface area contributed by atoms with Crippen molar-refractivity contribution in [3.63, 3.8) is 0 Å². The third kappa shape index (κ3) is 1.70. The number of pyridine rings is 1. The van der Waals surface area contributed by atoms with Gasteiger partial charge in [0.1, 0.15) is 6.33 Å². The first-order chi connectivity index (χ1) is 9.83. The van der Waals surface area contributed by atoms with Crippen LogP contribution in [-0.2, 0) is 11.3 Å². The van der Waals surface area contributed by atoms with Gasteiger partial charge in [0.2, 0.25) is 0 Å². The van der Waals surface area contributed by atoms with E-state index in [0.29, 0.717) is 17.7 Å². The summed E-state index contributed by atoms with van der Waals surface area (Å²) in [5.74, 6) is 0.494. The summed E-state index contributed by atoms with van der Waals surface area (Å²) < 4.78 is 8.84. The van der Waals surface area contributed by atoms with Gasteiger partial charge in [-0.25, -0.2) is 4.98 Å². The molecule has 1 atom stereocenters. The van der Waals surface area contributed by atoms with Crippen LogP contribution in [0.25, 0.3) is 16.7 Å². The number of hydrogen-bond donors (Lipinski definition) is 0. The molecule has 0 aliphatic carbocycles. The monoisotopic (exact) mass is 271 g/mol. The highest BCUT2D eigenvalue weighted by molar-refractivity contribution is 5.78. The second kappa shape index (κ2) is 4.38. The van der Waals surface area contributed by atoms with Gasteiger partial charge in [-0.05, 0) is 18.9 Å². The lowest BCUT2D eigenvalue weighted by atomic mass is 10.2. The molecule has 102 valence electrons. The average molecular weight is 271 g/mol. The minimum Gasteiger partial charge on any atom is -0.376 e. The first-order valence-electron chi connectivity index (χ1n) is 6.62. The molecule has 0 saturated carbocycles. The summed E-state index contributed by atoms with van der Waals surface area (Å²) in [6.07, 6.45) is 6.98. The SMILES string of the molecule is O=c1c2cnc3ncnn3c2ccn1CC1CCCO1. The minimum absolute atomic E-state index is 0.0668. The lowest BCUT2D eigenvalue weighted by Gasteiger charge is -2.12. The summed E-state index contributed by atoms with van der Waals surface area (Å²) in [6, 6.07) is 1.87. The lowest BCUT2D eigenvalue weighted by molar-refractivity contribution is 0.0963. The third-order valence-corrected chi connectivity index (χ3v) is 3.67. The topological polar surface area (TPSA) is 74.3 Å². The summed E-state index contributed by atoms with van der Waals surface area (Å²) >= 11 is 0. The van der Waals surface area contributed by atoms with Crippen molar-refractivity contribution in [3.05, 3.63) is 35.1 Å². The summed E-state index contributed by atoms with van der Waals surface area (Å²) in [7, 11) is 0. The molecule has 1 saturated heterocycles. The summed E-state index contributed by atoms with van der Waals surface area (Å²) in [5, 5.41) is 4.64. The highest BCUT2D eigenvalue weighted by Crippen LogP contribution is 2.14. The van der Waals surface area contributed by atoms with Gasteiger partial charge in [0, 0.05) is 19.0 Å². The first kappa shape index (κ1) is 11.5. The molecule has 20 heavy (non-hydrogen) atoms. The fraction of sp³-hybridized carbons (Fsp3) is 0.385. The quantitative estimate of drug-likeness (QED) is 0.683. The second-order valence-electron chi connectivity index (χ2n) is 4.94. The van der Waals surface area contributed by atoms with Crippen LogP contribution in [0.3, 0.4) is 0 Å². The summed E-state index contributed by atoms with van der Waals surface area (Å²) in [6.45, 7) is 1.37. The van der Waals surface area contributed by atoms with Crippen molar-refractivity contribution in [1.82, 2.24) is 24.1 Å². The Kier molecular flexibility index (Phi) is 2.53. The maximum Gasteiger partial charge on any atom is 0.261 e. The number of fused-ring (bicyclic) bond motifs is 3. The van der Waals surface area contributed by atoms with Crippen LogP contribution in [0.5, 0.6) is 0 Å². The number of hydrogen-bond acceptors (Lipinski definition) is 5. The van der Waals surface area contributed by atoms with E-state index in [1.165, 1.54) is 6.33 Å². The smallest absolute Gasteiger partial charge is 0.261 e. The molecule has 0 aromatic carbocycles. The van der Waals surface area contributed by atoms with Gasteiger partial charge < -0.3 is 9.30 Å². The van der Waals surface area contributed by atoms with E-state index in [1.807, 2.05) is 6.07 Å². The van der Waals surface area contributed by atoms with Gasteiger partial charge in [0.15, 0.2) is 0 Å². The maximum atomic E-state index is 12.5. The van der Waals surface area contributed by atoms with Crippen molar-refractivity contribution in [2.45, 2.75) is 25.5 Å². The lowest BCUT2D eigenvalue weighted by Crippen LogP contribution is -2.26. The van der Waals surface area contributed by atoms with Crippen LogP contribution in [0.2, 0.25) is 0 Å². The molecule has 0 N–H and O–H groups in total. The molecule has 0 radical (unpaired) electrons. The minimum atomic E-state index is -0.0668. The Bertz CT molecular complexity index is 832. The van der Waals surface area contributed by atoms with Crippen molar-refractivity contribution in [3.8, 4) is 0 Å². The molecule has 3 aromatic rings. The fourth-order valence-corrected chi connectivity index (χ4v) is 2.66. The molecule has 3 aromatic heterocycles. The average Bonchev–Trinajstić information content (AvgIpc) is 3.12. The van der Waals surface area contributed by atoms with E-state index in [2.05, 4.69) is 15.1 Å². The second-order valence-corrected chi connectivity index (χ2v) is 4.94. The number of rotatable bonds is 2. The fourth-order valence-electron chi connectivity index (χ4n) is 2.66. The first-order valence-corrected chi connectivity index (χ1v) is 6.62. The van der Waals surface area contributed by atoms with Gasteiger partial charge in [0.25, 0.3) is 11.3 Å². The standard InChI is InChI=1S/C13H13N5O2/c19-12-10-6-14-13-15-8-16-18(13)11(10)3-4-17(12)7-9-2-1-5-20-9/h3-4,6,8-9H,1-2,5,7H2. The zero-order valence-electron chi connectivity index (χ0n) is 10.8. The Morgan fingerprint density at radius 1 is 1.40 bits per heavy atom. The van der Waals surface area contributed by atoms with Crippen molar-refractivity contribution >= 4 is 16.7 Å². The Labute approximate surface area is 113 Å². The number of ether oxygens (including phenoxy) is 1. The predicted molar refractivity (Wildman–Crippen MR) is 71.5 cm³/mol. The third-order valence-electron chi connectivity index (χ3n) is 3.67. The van der Waals surface area contributed by atoms with Crippen LogP contribution >= 0.6 is 0 Å². The van der Waals surface area contributed by atoms with Gasteiger partial charge >= 0.3 is 0 Å². The van der Waals surface area contributed by atoms with E-state index in [1.54, 1.807) is 21.5 Å². The van der Waals surface area contributed by atoms with Gasteiger partial charge in [-0.1, -0.05) is 0 Å². The normalized spacial score (nSPS) is 19.1. The molecule has 1 aliphatic heterocycles. The summed E-state index contributed by atoms with van der Waals surface area (Å²) in [4.78, 5) is 20.7. The molecule has 1 fully saturated rings. The zero-order valence-corrected chi connectivity index (χ0v) is 10.8. The molecular weight excluding hydrogens is 258 g/mol. The van der Waals surface area contributed by atoms with Crippen molar-refractivity contribution in [1.29, 1.82) is 0 Å². The zero-order chi connectivity index (χ0) is 13.5. The van der Waals surface area contributed by atoms with Crippen LogP contribution in [0.1, 0.15) is 12.8 Å². The molecule has 0 bridgehead atoms. The van der Waals surface area contributed by atoms with Gasteiger partial charge in [-0.2, -0.15) is 14.6 Å². The van der Waals surface area contributed by atoms with E-state index in [4.69, 9.17) is 4.74 Å². The van der Waals surface area contributed by atoms with E-state index < -0.39 is 0 Å². The van der Waals surface area contributed by atoms with E-state index in [0.717, 1.165) is 25.0 Å². The van der Waals surface area contributed by atoms with Crippen LogP contribution in [0, 0.1) is 0 Å². The van der Waals surface area contributed by atoms with Gasteiger partial charge in [0.05, 0.1) is 23.6 Å². The Morgan fingerprint density at radius 3 is 3.20 bits per heavy atom. The predicted octanol–water partition coefficient (Wildman–Crippen LogP) is 0.618. The van der Waals surface area contributed by atoms with Crippen molar-refractivity contribution < 1.29 is 4.74 Å². The van der Waals surface area contributed by atoms with E-state index in [-0.39, 0.29) is 11.7 Å². The molecule has 7 heteroatoms. The van der Waals surface area contributed by atoms with Crippen LogP contribution in [0.4, 0.5) is 0 Å². The molecule has 4 rings (SSSR count). The highest BCUT2D eigenvalue weighted by Gasteiger charge is 2.17. The Morgan fingerprint density at radius 2 is 2.35 bits per heavy atom. The maximum absolute atomic E-state index is 12.5. The van der Waals surface area contributed by atoms with Crippen molar-refractivity contribution in [2.24, 2.45) is 0 Å². The van der Waals surface area contributed by atoms with Gasteiger partial charge in [-0.3, -0.25) is 4.79 Å². The van der Waals surface area contributed by atoms with Gasteiger partial charge in [-0.15, -0.1) is 0 Å². The Balaban J connectivity index is 1.85. The molecule has 1 aliphatic rings. The van der Waals surface area contributed by atoms with Crippen LogP contribution in [0.15, 0.2) is 29.6 Å². The highest BCUT2D eigenvalue weighted by atomic mass is 16.5. The summed E-state index contributed by atoms with van der Waals surface area (Å²) in [5.41, 5.74) is 0.656. The molecule has 0 amide bonds.